The number of nitrogens with two attached hydrogens (primary N) is 1. The van der Waals surface area contributed by atoms with Gasteiger partial charge in [0.15, 0.2) is 0 Å². The number of ether oxygens (including phenoxy) is 1. The van der Waals surface area contributed by atoms with Gasteiger partial charge in [0, 0.05) is 12.1 Å². The summed E-state index contributed by atoms with van der Waals surface area (Å²) in [4.78, 5) is 0. The number of aliphatic hydroxyl groups is 1. The summed E-state index contributed by atoms with van der Waals surface area (Å²) in [6, 6.07) is 0. The smallest absolute Gasteiger partial charge is 0.394 e. The Morgan fingerprint density at radius 1 is 1.38 bits per heavy atom. The van der Waals surface area contributed by atoms with E-state index in [0.717, 1.165) is 0 Å². The maximum Gasteiger partial charge on any atom is 0.411 e. The monoisotopic (exact) mass is 201 g/mol. The van der Waals surface area contributed by atoms with Gasteiger partial charge in [-0.3, -0.25) is 0 Å². The van der Waals surface area contributed by atoms with Crippen molar-refractivity contribution >= 4 is 0 Å². The third-order valence-electron chi connectivity index (χ3n) is 1.44. The third-order valence-corrected chi connectivity index (χ3v) is 1.44. The van der Waals surface area contributed by atoms with E-state index in [2.05, 4.69) is 4.74 Å². The minimum atomic E-state index is -4.30. The summed E-state index contributed by atoms with van der Waals surface area (Å²) in [6.45, 7) is -0.103. The minimum absolute atomic E-state index is 0.104. The SMILES string of the molecule is CC(N)(CO)CCOCC(F)(F)F. The van der Waals surface area contributed by atoms with Gasteiger partial charge >= 0.3 is 6.18 Å². The summed E-state index contributed by atoms with van der Waals surface area (Å²) in [7, 11) is 0. The molecule has 1 atom stereocenters. The molecule has 1 unspecified atom stereocenters. The molecule has 0 heterocycles. The van der Waals surface area contributed by atoms with Gasteiger partial charge in [0.05, 0.1) is 6.61 Å². The van der Waals surface area contributed by atoms with Crippen molar-refractivity contribution < 1.29 is 23.0 Å². The molecule has 13 heavy (non-hydrogen) atoms. The van der Waals surface area contributed by atoms with E-state index >= 15 is 0 Å². The van der Waals surface area contributed by atoms with Crippen LogP contribution in [0.15, 0.2) is 0 Å². The minimum Gasteiger partial charge on any atom is -0.394 e. The van der Waals surface area contributed by atoms with Gasteiger partial charge in [0.2, 0.25) is 0 Å². The third kappa shape index (κ3) is 8.01. The van der Waals surface area contributed by atoms with E-state index in [-0.39, 0.29) is 19.6 Å². The van der Waals surface area contributed by atoms with Gasteiger partial charge in [0.1, 0.15) is 6.61 Å². The largest absolute Gasteiger partial charge is 0.411 e. The molecule has 6 heteroatoms. The molecule has 0 fully saturated rings. The first-order valence-corrected chi connectivity index (χ1v) is 3.81. The van der Waals surface area contributed by atoms with Crippen LogP contribution in [0.3, 0.4) is 0 Å². The first-order valence-electron chi connectivity index (χ1n) is 3.81. The highest BCUT2D eigenvalue weighted by atomic mass is 19.4. The first kappa shape index (κ1) is 12.7. The molecule has 0 saturated carbocycles. The van der Waals surface area contributed by atoms with Gasteiger partial charge in [-0.2, -0.15) is 13.2 Å². The Morgan fingerprint density at radius 2 is 1.92 bits per heavy atom. The summed E-state index contributed by atoms with van der Waals surface area (Å²) in [5.41, 5.74) is 4.59. The second-order valence-corrected chi connectivity index (χ2v) is 3.23. The highest BCUT2D eigenvalue weighted by molar-refractivity contribution is 4.76. The van der Waals surface area contributed by atoms with E-state index in [1.165, 1.54) is 0 Å². The van der Waals surface area contributed by atoms with E-state index in [0.29, 0.717) is 0 Å². The number of hydrogen-bond acceptors (Lipinski definition) is 3. The summed E-state index contributed by atoms with van der Waals surface area (Å²) in [5, 5.41) is 8.65. The maximum absolute atomic E-state index is 11.6. The molecule has 0 aromatic heterocycles. The van der Waals surface area contributed by atoms with Crippen LogP contribution in [0.5, 0.6) is 0 Å². The number of halogens is 3. The van der Waals surface area contributed by atoms with Crippen LogP contribution in [0.25, 0.3) is 0 Å². The standard InChI is InChI=1S/C7H14F3NO2/c1-6(11,4-12)2-3-13-5-7(8,9)10/h12H,2-5,11H2,1H3. The van der Waals surface area contributed by atoms with Crippen LogP contribution in [0.2, 0.25) is 0 Å². The van der Waals surface area contributed by atoms with E-state index in [1.54, 1.807) is 6.92 Å². The van der Waals surface area contributed by atoms with Crippen LogP contribution >= 0.6 is 0 Å². The van der Waals surface area contributed by atoms with Crippen molar-refractivity contribution in [3.8, 4) is 0 Å². The van der Waals surface area contributed by atoms with Gasteiger partial charge in [0.25, 0.3) is 0 Å². The van der Waals surface area contributed by atoms with Crippen LogP contribution in [0, 0.1) is 0 Å². The van der Waals surface area contributed by atoms with Gasteiger partial charge in [-0.1, -0.05) is 0 Å². The number of rotatable bonds is 5. The van der Waals surface area contributed by atoms with E-state index in [9.17, 15) is 13.2 Å². The van der Waals surface area contributed by atoms with Crippen molar-refractivity contribution in [1.29, 1.82) is 0 Å². The fourth-order valence-electron chi connectivity index (χ4n) is 0.572. The Kier molecular flexibility index (Phi) is 4.66. The molecular weight excluding hydrogens is 187 g/mol. The molecule has 0 aliphatic rings. The van der Waals surface area contributed by atoms with Crippen molar-refractivity contribution in [2.24, 2.45) is 5.73 Å². The zero-order chi connectivity index (χ0) is 10.5. The van der Waals surface area contributed by atoms with Crippen molar-refractivity contribution in [2.45, 2.75) is 25.1 Å². The zero-order valence-corrected chi connectivity index (χ0v) is 7.40. The van der Waals surface area contributed by atoms with Crippen molar-refractivity contribution in [2.75, 3.05) is 19.8 Å². The fraction of sp³-hybridized carbons (Fsp3) is 1.00. The Bertz CT molecular complexity index is 147. The van der Waals surface area contributed by atoms with E-state index in [1.807, 2.05) is 0 Å². The molecule has 0 amide bonds. The highest BCUT2D eigenvalue weighted by Gasteiger charge is 2.27. The Balaban J connectivity index is 3.47. The lowest BCUT2D eigenvalue weighted by Gasteiger charge is -2.21. The molecule has 0 aromatic rings. The average molecular weight is 201 g/mol. The summed E-state index contributed by atoms with van der Waals surface area (Å²) in [6.07, 6.45) is -4.11. The molecular formula is C7H14F3NO2. The molecule has 0 bridgehead atoms. The molecule has 0 saturated heterocycles. The molecule has 80 valence electrons. The predicted molar refractivity (Wildman–Crippen MR) is 41.2 cm³/mol. The van der Waals surface area contributed by atoms with Crippen LogP contribution < -0.4 is 5.73 Å². The molecule has 0 aliphatic heterocycles. The second-order valence-electron chi connectivity index (χ2n) is 3.23. The predicted octanol–water partition coefficient (Wildman–Crippen LogP) is 0.665. The Labute approximate surface area is 74.7 Å². The highest BCUT2D eigenvalue weighted by Crippen LogP contribution is 2.15. The summed E-state index contributed by atoms with van der Waals surface area (Å²) < 4.78 is 39.0. The number of hydrogen-bond donors (Lipinski definition) is 2. The van der Waals surface area contributed by atoms with Crippen LogP contribution in [0.4, 0.5) is 13.2 Å². The van der Waals surface area contributed by atoms with Crippen molar-refractivity contribution in [3.05, 3.63) is 0 Å². The molecule has 0 rings (SSSR count). The summed E-state index contributed by atoms with van der Waals surface area (Å²) >= 11 is 0. The average Bonchev–Trinajstić information content (AvgIpc) is 1.97. The lowest BCUT2D eigenvalue weighted by Crippen LogP contribution is -2.41. The molecule has 0 aromatic carbocycles. The molecule has 0 aliphatic carbocycles. The number of aliphatic hydroxyl groups excluding tert-OH is 1. The topological polar surface area (TPSA) is 55.5 Å². The van der Waals surface area contributed by atoms with E-state index in [4.69, 9.17) is 10.8 Å². The van der Waals surface area contributed by atoms with Gasteiger partial charge in [-0.25, -0.2) is 0 Å². The molecule has 3 nitrogen and oxygen atoms in total. The van der Waals surface area contributed by atoms with Crippen LogP contribution in [-0.4, -0.2) is 36.6 Å². The molecule has 3 N–H and O–H groups in total. The quantitative estimate of drug-likeness (QED) is 0.642. The van der Waals surface area contributed by atoms with Crippen molar-refractivity contribution in [3.63, 3.8) is 0 Å². The van der Waals surface area contributed by atoms with E-state index < -0.39 is 18.3 Å². The zero-order valence-electron chi connectivity index (χ0n) is 7.40. The first-order chi connectivity index (χ1) is 5.77. The Morgan fingerprint density at radius 3 is 2.31 bits per heavy atom. The maximum atomic E-state index is 11.6. The number of alkyl halides is 3. The van der Waals surface area contributed by atoms with Crippen molar-refractivity contribution in [1.82, 2.24) is 0 Å². The van der Waals surface area contributed by atoms with Gasteiger partial charge < -0.3 is 15.6 Å². The van der Waals surface area contributed by atoms with Crippen LogP contribution in [-0.2, 0) is 4.74 Å². The van der Waals surface area contributed by atoms with Gasteiger partial charge in [-0.15, -0.1) is 0 Å². The fourth-order valence-corrected chi connectivity index (χ4v) is 0.572. The lowest BCUT2D eigenvalue weighted by atomic mass is 10.0. The molecule has 0 radical (unpaired) electrons. The lowest BCUT2D eigenvalue weighted by molar-refractivity contribution is -0.174. The Hall–Kier alpha value is -0.330. The summed E-state index contributed by atoms with van der Waals surface area (Å²) in [5.74, 6) is 0. The van der Waals surface area contributed by atoms with Gasteiger partial charge in [-0.05, 0) is 13.3 Å². The normalized spacial score (nSPS) is 17.1. The second kappa shape index (κ2) is 4.78. The molecule has 0 spiro atoms. The van der Waals surface area contributed by atoms with Crippen LogP contribution in [0.1, 0.15) is 13.3 Å².